The molecule has 1 atom stereocenters. The Balaban J connectivity index is 1.54. The lowest BCUT2D eigenvalue weighted by Gasteiger charge is -2.40. The molecule has 1 fully saturated rings. The summed E-state index contributed by atoms with van der Waals surface area (Å²) in [4.78, 5) is 17.1. The molecule has 32 heavy (non-hydrogen) atoms. The van der Waals surface area contributed by atoms with Crippen molar-refractivity contribution in [1.82, 2.24) is 19.5 Å². The molecule has 1 saturated carbocycles. The first-order chi connectivity index (χ1) is 15.7. The van der Waals surface area contributed by atoms with Crippen molar-refractivity contribution in [2.45, 2.75) is 63.8 Å². The quantitative estimate of drug-likeness (QED) is 0.345. The van der Waals surface area contributed by atoms with Crippen molar-refractivity contribution in [2.75, 3.05) is 4.90 Å². The Kier molecular flexibility index (Phi) is 3.68. The molecule has 2 aliphatic heterocycles. The van der Waals surface area contributed by atoms with Crippen molar-refractivity contribution in [3.63, 3.8) is 0 Å². The molecule has 0 bridgehead atoms. The summed E-state index contributed by atoms with van der Waals surface area (Å²) in [5.74, 6) is 2.18. The van der Waals surface area contributed by atoms with Gasteiger partial charge in [0.15, 0.2) is 5.82 Å². The Morgan fingerprint density at radius 3 is 2.53 bits per heavy atom. The minimum atomic E-state index is 0.0962. The van der Waals surface area contributed by atoms with E-state index in [4.69, 9.17) is 9.97 Å². The predicted molar refractivity (Wildman–Crippen MR) is 127 cm³/mol. The van der Waals surface area contributed by atoms with Crippen LogP contribution in [0.3, 0.4) is 0 Å². The zero-order chi connectivity index (χ0) is 21.4. The van der Waals surface area contributed by atoms with Crippen LogP contribution in [0.4, 0.5) is 11.5 Å². The van der Waals surface area contributed by atoms with Gasteiger partial charge in [-0.25, -0.2) is 9.97 Å². The number of benzene rings is 2. The SMILES string of the molecule is Cc1c(N2c3nccnc3C3(CCCCC3)C2C)c2c(c3ccccc13)-n1ccnc1C2. The zero-order valence-corrected chi connectivity index (χ0v) is 18.7. The maximum Gasteiger partial charge on any atom is 0.155 e. The molecule has 7 rings (SSSR count). The van der Waals surface area contributed by atoms with Crippen molar-refractivity contribution >= 4 is 22.3 Å². The van der Waals surface area contributed by atoms with Crippen LogP contribution in [-0.2, 0) is 11.8 Å². The van der Waals surface area contributed by atoms with E-state index in [1.165, 1.54) is 71.1 Å². The van der Waals surface area contributed by atoms with Gasteiger partial charge in [0, 0.05) is 53.6 Å². The van der Waals surface area contributed by atoms with Crippen molar-refractivity contribution in [3.8, 4) is 5.69 Å². The van der Waals surface area contributed by atoms with Gasteiger partial charge in [0.1, 0.15) is 5.82 Å². The molecule has 1 aliphatic carbocycles. The van der Waals surface area contributed by atoms with Crippen molar-refractivity contribution < 1.29 is 0 Å². The fourth-order valence-corrected chi connectivity index (χ4v) is 6.86. The van der Waals surface area contributed by atoms with E-state index in [2.05, 4.69) is 58.8 Å². The molecule has 4 heterocycles. The van der Waals surface area contributed by atoms with Gasteiger partial charge < -0.3 is 9.47 Å². The zero-order valence-electron chi connectivity index (χ0n) is 18.7. The second-order valence-corrected chi connectivity index (χ2v) is 9.73. The molecule has 2 aromatic carbocycles. The predicted octanol–water partition coefficient (Wildman–Crippen LogP) is 5.77. The molecule has 0 saturated heterocycles. The Morgan fingerprint density at radius 1 is 0.906 bits per heavy atom. The second kappa shape index (κ2) is 6.41. The van der Waals surface area contributed by atoms with Gasteiger partial charge in [-0.1, -0.05) is 43.5 Å². The highest BCUT2D eigenvalue weighted by molar-refractivity contribution is 6.01. The lowest BCUT2D eigenvalue weighted by Crippen LogP contribution is -2.43. The summed E-state index contributed by atoms with van der Waals surface area (Å²) in [6, 6.07) is 9.14. The first-order valence-corrected chi connectivity index (χ1v) is 11.9. The normalized spacial score (nSPS) is 20.6. The molecule has 4 aromatic rings. The van der Waals surface area contributed by atoms with E-state index in [0.29, 0.717) is 6.04 Å². The monoisotopic (exact) mass is 421 g/mol. The molecule has 0 N–H and O–H groups in total. The van der Waals surface area contributed by atoms with Crippen LogP contribution in [-0.4, -0.2) is 25.6 Å². The molecular weight excluding hydrogens is 394 g/mol. The number of rotatable bonds is 1. The first kappa shape index (κ1) is 18.4. The Hall–Kier alpha value is -3.21. The first-order valence-electron chi connectivity index (χ1n) is 11.9. The third kappa shape index (κ3) is 2.16. The number of hydrogen-bond donors (Lipinski definition) is 0. The number of nitrogens with zero attached hydrogens (tertiary/aromatic N) is 5. The molecule has 0 radical (unpaired) electrons. The standard InChI is InChI=1S/C27H27N5/c1-17-19-8-4-5-9-20(19)24-21(16-22-28-14-15-31(22)24)23(17)32-18(2)27(10-6-3-7-11-27)25-26(32)30-13-12-29-25/h4-5,8-9,12-15,18H,3,6-7,10-11,16H2,1-2H3. The van der Waals surface area contributed by atoms with Gasteiger partial charge in [0.25, 0.3) is 0 Å². The highest BCUT2D eigenvalue weighted by Gasteiger charge is 2.52. The summed E-state index contributed by atoms with van der Waals surface area (Å²) in [6.07, 6.45) is 14.9. The fraction of sp³-hybridized carbons (Fsp3) is 0.370. The van der Waals surface area contributed by atoms with Crippen molar-refractivity contribution in [3.05, 3.63) is 71.7 Å². The summed E-state index contributed by atoms with van der Waals surface area (Å²) < 4.78 is 2.29. The molecule has 1 unspecified atom stereocenters. The average molecular weight is 422 g/mol. The van der Waals surface area contributed by atoms with Crippen LogP contribution in [0.2, 0.25) is 0 Å². The summed E-state index contributed by atoms with van der Waals surface area (Å²) in [7, 11) is 0. The molecule has 0 amide bonds. The number of aryl methyl sites for hydroxylation is 1. The molecule has 5 nitrogen and oxygen atoms in total. The Labute approximate surface area is 188 Å². The van der Waals surface area contributed by atoms with E-state index in [0.717, 1.165) is 18.1 Å². The summed E-state index contributed by atoms with van der Waals surface area (Å²) >= 11 is 0. The molecule has 160 valence electrons. The lowest BCUT2D eigenvalue weighted by molar-refractivity contribution is 0.262. The van der Waals surface area contributed by atoms with Gasteiger partial charge in [-0.15, -0.1) is 0 Å². The Bertz CT molecular complexity index is 1380. The third-order valence-electron chi connectivity index (χ3n) is 8.36. The lowest BCUT2D eigenvalue weighted by atomic mass is 9.69. The van der Waals surface area contributed by atoms with Gasteiger partial charge in [-0.05, 0) is 37.6 Å². The smallest absolute Gasteiger partial charge is 0.155 e. The number of aromatic nitrogens is 4. The van der Waals surface area contributed by atoms with E-state index in [1.54, 1.807) is 0 Å². The summed E-state index contributed by atoms with van der Waals surface area (Å²) in [5, 5.41) is 2.61. The van der Waals surface area contributed by atoms with Gasteiger partial charge >= 0.3 is 0 Å². The molecule has 2 aromatic heterocycles. The largest absolute Gasteiger partial charge is 0.320 e. The van der Waals surface area contributed by atoms with Gasteiger partial charge in [0.05, 0.1) is 17.1 Å². The highest BCUT2D eigenvalue weighted by atomic mass is 15.3. The molecular formula is C27H27N5. The van der Waals surface area contributed by atoms with Gasteiger partial charge in [0.2, 0.25) is 0 Å². The third-order valence-corrected chi connectivity index (χ3v) is 8.36. The maximum absolute atomic E-state index is 4.96. The van der Waals surface area contributed by atoms with Gasteiger partial charge in [-0.3, -0.25) is 4.98 Å². The van der Waals surface area contributed by atoms with E-state index in [9.17, 15) is 0 Å². The van der Waals surface area contributed by atoms with Crippen LogP contribution in [0, 0.1) is 6.92 Å². The van der Waals surface area contributed by atoms with Crippen LogP contribution in [0.5, 0.6) is 0 Å². The van der Waals surface area contributed by atoms with Crippen molar-refractivity contribution in [2.24, 2.45) is 0 Å². The van der Waals surface area contributed by atoms with E-state index in [-0.39, 0.29) is 5.41 Å². The molecule has 3 aliphatic rings. The van der Waals surface area contributed by atoms with E-state index < -0.39 is 0 Å². The minimum Gasteiger partial charge on any atom is -0.320 e. The van der Waals surface area contributed by atoms with E-state index >= 15 is 0 Å². The maximum atomic E-state index is 4.96. The van der Waals surface area contributed by atoms with Crippen LogP contribution >= 0.6 is 0 Å². The molecule has 1 spiro atoms. The van der Waals surface area contributed by atoms with Crippen LogP contribution in [0.1, 0.15) is 61.7 Å². The number of anilines is 2. The summed E-state index contributed by atoms with van der Waals surface area (Å²) in [5.41, 5.74) is 6.63. The summed E-state index contributed by atoms with van der Waals surface area (Å²) in [6.45, 7) is 4.69. The van der Waals surface area contributed by atoms with Crippen LogP contribution in [0.25, 0.3) is 16.5 Å². The number of hydrogen-bond acceptors (Lipinski definition) is 4. The van der Waals surface area contributed by atoms with Crippen LogP contribution in [0.15, 0.2) is 49.1 Å². The second-order valence-electron chi connectivity index (χ2n) is 9.73. The van der Waals surface area contributed by atoms with Gasteiger partial charge in [-0.2, -0.15) is 0 Å². The number of fused-ring (bicyclic) bond motifs is 7. The highest BCUT2D eigenvalue weighted by Crippen LogP contribution is 2.56. The fourth-order valence-electron chi connectivity index (χ4n) is 6.86. The van der Waals surface area contributed by atoms with Crippen molar-refractivity contribution in [1.29, 1.82) is 0 Å². The molecule has 5 heteroatoms. The minimum absolute atomic E-state index is 0.0962. The van der Waals surface area contributed by atoms with Crippen LogP contribution < -0.4 is 4.90 Å². The average Bonchev–Trinajstić information content (AvgIpc) is 3.48. The van der Waals surface area contributed by atoms with E-state index in [1.807, 2.05) is 18.6 Å². The topological polar surface area (TPSA) is 46.8 Å². The number of imidazole rings is 1. The Morgan fingerprint density at radius 2 is 1.69 bits per heavy atom.